The summed E-state index contributed by atoms with van der Waals surface area (Å²) in [5.74, 6) is 0.554. The Balaban J connectivity index is 2.49. The van der Waals surface area contributed by atoms with E-state index in [0.717, 1.165) is 19.3 Å². The summed E-state index contributed by atoms with van der Waals surface area (Å²) in [6, 6.07) is 8.92. The first-order chi connectivity index (χ1) is 10.8. The Morgan fingerprint density at radius 2 is 1.83 bits per heavy atom. The zero-order chi connectivity index (χ0) is 17.3. The Morgan fingerprint density at radius 1 is 1.22 bits per heavy atom. The molecule has 0 amide bonds. The van der Waals surface area contributed by atoms with Crippen molar-refractivity contribution in [3.8, 4) is 0 Å². The topological polar surface area (TPSA) is 0 Å². The van der Waals surface area contributed by atoms with Crippen molar-refractivity contribution in [2.24, 2.45) is 0 Å². The number of thiol groups is 1. The normalized spacial score (nSPS) is 29.9. The molecule has 0 aromatic heterocycles. The lowest BCUT2D eigenvalue weighted by Crippen LogP contribution is -2.39. The molecule has 0 fully saturated rings. The van der Waals surface area contributed by atoms with Gasteiger partial charge in [-0.3, -0.25) is 0 Å². The van der Waals surface area contributed by atoms with Gasteiger partial charge in [0.2, 0.25) is 0 Å². The second-order valence-electron chi connectivity index (χ2n) is 7.02. The van der Waals surface area contributed by atoms with E-state index >= 15 is 0 Å². The molecule has 0 heterocycles. The van der Waals surface area contributed by atoms with Crippen molar-refractivity contribution in [1.29, 1.82) is 0 Å². The fourth-order valence-electron chi connectivity index (χ4n) is 3.52. The van der Waals surface area contributed by atoms with Crippen molar-refractivity contribution in [2.45, 2.75) is 69.4 Å². The summed E-state index contributed by atoms with van der Waals surface area (Å²) in [6.45, 7) is 11.0. The molecule has 126 valence electrons. The van der Waals surface area contributed by atoms with E-state index in [2.05, 4.69) is 71.0 Å². The van der Waals surface area contributed by atoms with Crippen LogP contribution in [0.2, 0.25) is 0 Å². The number of halogens is 1. The van der Waals surface area contributed by atoms with E-state index in [1.807, 2.05) is 0 Å². The predicted molar refractivity (Wildman–Crippen MR) is 108 cm³/mol. The molecule has 0 nitrogen and oxygen atoms in total. The van der Waals surface area contributed by atoms with E-state index in [1.54, 1.807) is 0 Å². The van der Waals surface area contributed by atoms with Gasteiger partial charge in [-0.1, -0.05) is 64.1 Å². The predicted octanol–water partition coefficient (Wildman–Crippen LogP) is 7.01. The molecule has 0 saturated heterocycles. The van der Waals surface area contributed by atoms with Gasteiger partial charge in [-0.25, -0.2) is 0 Å². The van der Waals surface area contributed by atoms with Crippen molar-refractivity contribution in [2.75, 3.05) is 0 Å². The molecule has 2 atom stereocenters. The SMILES string of the molecule is CC/C=C1\C(Cl)(CC)CC=C(c2ccc(C(C)C)cc2)C1(C)S. The van der Waals surface area contributed by atoms with Crippen LogP contribution in [0.3, 0.4) is 0 Å². The molecule has 1 aliphatic rings. The van der Waals surface area contributed by atoms with Crippen LogP contribution in [0.4, 0.5) is 0 Å². The lowest BCUT2D eigenvalue weighted by atomic mass is 9.72. The minimum Gasteiger partial charge on any atom is -0.163 e. The molecule has 2 unspecified atom stereocenters. The van der Waals surface area contributed by atoms with Gasteiger partial charge >= 0.3 is 0 Å². The summed E-state index contributed by atoms with van der Waals surface area (Å²) < 4.78 is -0.328. The van der Waals surface area contributed by atoms with E-state index in [4.69, 9.17) is 24.2 Å². The molecule has 0 spiro atoms. The standard InChI is InChI=1S/C21H29ClS/c1-6-8-19-20(5,23)18(13-14-21(19,22)7-2)17-11-9-16(10-12-17)15(3)4/h8-13,15,23H,6-7,14H2,1-5H3/b19-8-. The van der Waals surface area contributed by atoms with E-state index in [-0.39, 0.29) is 9.62 Å². The van der Waals surface area contributed by atoms with Crippen LogP contribution in [0.1, 0.15) is 70.9 Å². The van der Waals surface area contributed by atoms with Gasteiger partial charge in [-0.05, 0) is 54.4 Å². The van der Waals surface area contributed by atoms with Crippen molar-refractivity contribution < 1.29 is 0 Å². The Kier molecular flexibility index (Phi) is 5.74. The highest BCUT2D eigenvalue weighted by Gasteiger charge is 2.44. The van der Waals surface area contributed by atoms with Gasteiger partial charge in [0.25, 0.3) is 0 Å². The van der Waals surface area contributed by atoms with E-state index in [1.165, 1.54) is 22.3 Å². The summed E-state index contributed by atoms with van der Waals surface area (Å²) in [6.07, 6.45) is 7.35. The third-order valence-electron chi connectivity index (χ3n) is 5.02. The average molecular weight is 349 g/mol. The fraction of sp³-hybridized carbons (Fsp3) is 0.524. The second-order valence-corrected chi connectivity index (χ2v) is 8.63. The maximum absolute atomic E-state index is 6.95. The summed E-state index contributed by atoms with van der Waals surface area (Å²) in [4.78, 5) is -0.298. The van der Waals surface area contributed by atoms with Crippen LogP contribution in [0.25, 0.3) is 5.57 Å². The molecule has 0 radical (unpaired) electrons. The number of rotatable bonds is 4. The number of allylic oxidation sites excluding steroid dienone is 2. The van der Waals surface area contributed by atoms with Gasteiger partial charge in [0.05, 0.1) is 9.62 Å². The Hall–Kier alpha value is -0.660. The largest absolute Gasteiger partial charge is 0.163 e. The lowest BCUT2D eigenvalue weighted by molar-refractivity contribution is 0.588. The van der Waals surface area contributed by atoms with Crippen molar-refractivity contribution in [3.63, 3.8) is 0 Å². The van der Waals surface area contributed by atoms with Crippen LogP contribution in [-0.2, 0) is 0 Å². The first kappa shape index (κ1) is 18.7. The second kappa shape index (κ2) is 7.07. The molecule has 1 aliphatic carbocycles. The highest BCUT2D eigenvalue weighted by Crippen LogP contribution is 2.52. The zero-order valence-electron chi connectivity index (χ0n) is 15.0. The maximum Gasteiger partial charge on any atom is 0.0703 e. The van der Waals surface area contributed by atoms with Crippen LogP contribution < -0.4 is 0 Å². The van der Waals surface area contributed by atoms with Gasteiger partial charge in [-0.2, -0.15) is 12.6 Å². The van der Waals surface area contributed by atoms with Gasteiger partial charge in [0, 0.05) is 0 Å². The molecular weight excluding hydrogens is 320 g/mol. The van der Waals surface area contributed by atoms with Crippen molar-refractivity contribution in [1.82, 2.24) is 0 Å². The minimum atomic E-state index is -0.328. The summed E-state index contributed by atoms with van der Waals surface area (Å²) >= 11 is 12.0. The molecule has 23 heavy (non-hydrogen) atoms. The highest BCUT2D eigenvalue weighted by atomic mass is 35.5. The molecule has 0 bridgehead atoms. The molecule has 1 aromatic rings. The molecule has 2 heteroatoms. The van der Waals surface area contributed by atoms with Gasteiger partial charge < -0.3 is 0 Å². The lowest BCUT2D eigenvalue weighted by Gasteiger charge is -2.44. The minimum absolute atomic E-state index is 0.298. The Bertz CT molecular complexity index is 607. The third kappa shape index (κ3) is 3.56. The van der Waals surface area contributed by atoms with Crippen LogP contribution in [0.5, 0.6) is 0 Å². The monoisotopic (exact) mass is 348 g/mol. The Morgan fingerprint density at radius 3 is 2.30 bits per heavy atom. The zero-order valence-corrected chi connectivity index (χ0v) is 16.6. The van der Waals surface area contributed by atoms with Crippen LogP contribution in [0.15, 0.2) is 42.0 Å². The van der Waals surface area contributed by atoms with Crippen LogP contribution in [0, 0.1) is 0 Å². The van der Waals surface area contributed by atoms with Crippen LogP contribution in [-0.4, -0.2) is 9.62 Å². The molecule has 0 N–H and O–H groups in total. The van der Waals surface area contributed by atoms with Crippen molar-refractivity contribution in [3.05, 3.63) is 53.1 Å². The number of alkyl halides is 1. The molecule has 2 rings (SSSR count). The maximum atomic E-state index is 6.95. The molecular formula is C21H29ClS. The van der Waals surface area contributed by atoms with E-state index < -0.39 is 0 Å². The number of benzene rings is 1. The fourth-order valence-corrected chi connectivity index (χ4v) is 4.46. The molecule has 1 aromatic carbocycles. The van der Waals surface area contributed by atoms with Crippen LogP contribution >= 0.6 is 24.2 Å². The molecule has 0 saturated carbocycles. The summed E-state index contributed by atoms with van der Waals surface area (Å²) in [7, 11) is 0. The summed E-state index contributed by atoms with van der Waals surface area (Å²) in [5.41, 5.74) is 5.16. The van der Waals surface area contributed by atoms with Gasteiger partial charge in [0.1, 0.15) is 0 Å². The quantitative estimate of drug-likeness (QED) is 0.337. The summed E-state index contributed by atoms with van der Waals surface area (Å²) in [5, 5.41) is 0. The average Bonchev–Trinajstić information content (AvgIpc) is 2.51. The molecule has 0 aliphatic heterocycles. The van der Waals surface area contributed by atoms with Crippen molar-refractivity contribution >= 4 is 29.8 Å². The van der Waals surface area contributed by atoms with Gasteiger partial charge in [0.15, 0.2) is 0 Å². The Labute approximate surface area is 152 Å². The highest BCUT2D eigenvalue weighted by molar-refractivity contribution is 7.82. The number of hydrogen-bond donors (Lipinski definition) is 1. The van der Waals surface area contributed by atoms with Gasteiger partial charge in [-0.15, -0.1) is 11.6 Å². The third-order valence-corrected chi connectivity index (χ3v) is 6.13. The van der Waals surface area contributed by atoms with E-state index in [0.29, 0.717) is 5.92 Å². The first-order valence-corrected chi connectivity index (χ1v) is 9.52. The first-order valence-electron chi connectivity index (χ1n) is 8.69. The smallest absolute Gasteiger partial charge is 0.0703 e. The number of hydrogen-bond acceptors (Lipinski definition) is 1. The van der Waals surface area contributed by atoms with E-state index in [9.17, 15) is 0 Å².